The molecule has 0 radical (unpaired) electrons. The summed E-state index contributed by atoms with van der Waals surface area (Å²) in [4.78, 5) is 36.3. The van der Waals surface area contributed by atoms with Crippen molar-refractivity contribution in [1.29, 1.82) is 0 Å². The van der Waals surface area contributed by atoms with Crippen LogP contribution in [0, 0.1) is 11.6 Å². The molecule has 2 heterocycles. The molecule has 0 unspecified atom stereocenters. The number of amides is 2. The predicted molar refractivity (Wildman–Crippen MR) is 130 cm³/mol. The first-order chi connectivity index (χ1) is 17.2. The third-order valence-corrected chi connectivity index (χ3v) is 6.10. The number of piperazine rings is 1. The molecule has 1 saturated heterocycles. The highest BCUT2D eigenvalue weighted by atomic mass is 35.5. The zero-order chi connectivity index (χ0) is 26.0. The largest absolute Gasteiger partial charge is 0.493 e. The standard InChI is InChI=1S/C24H22ClF2N5O4/c1-4-20(33)31-7-8-32(13(2)11-31)24(34)36-19-9-14-17(10-18(19)35-3)28-12-29-23(14)30-16-6-5-15(26)21(25)22(16)27/h4-6,9-10,12-13H,1,7-8,11H2,2-3H3,(H,28,29,30)/t13-/m1/s1. The third kappa shape index (κ3) is 4.87. The first kappa shape index (κ1) is 25.1. The number of anilines is 2. The lowest BCUT2D eigenvalue weighted by atomic mass is 10.2. The van der Waals surface area contributed by atoms with E-state index in [4.69, 9.17) is 21.1 Å². The van der Waals surface area contributed by atoms with E-state index in [2.05, 4.69) is 21.9 Å². The van der Waals surface area contributed by atoms with Gasteiger partial charge >= 0.3 is 6.09 Å². The Morgan fingerprint density at radius 1 is 1.22 bits per heavy atom. The van der Waals surface area contributed by atoms with Crippen LogP contribution >= 0.6 is 11.6 Å². The van der Waals surface area contributed by atoms with Gasteiger partial charge in [0.05, 0.1) is 18.3 Å². The number of ether oxygens (including phenoxy) is 2. The lowest BCUT2D eigenvalue weighted by molar-refractivity contribution is -0.128. The molecule has 2 amide bonds. The molecule has 9 nitrogen and oxygen atoms in total. The van der Waals surface area contributed by atoms with Gasteiger partial charge in [0.25, 0.3) is 0 Å². The number of benzene rings is 2. The van der Waals surface area contributed by atoms with Gasteiger partial charge < -0.3 is 24.6 Å². The highest BCUT2D eigenvalue weighted by molar-refractivity contribution is 6.31. The Bertz CT molecular complexity index is 1360. The maximum atomic E-state index is 14.5. The molecule has 1 aliphatic rings. The smallest absolute Gasteiger partial charge is 0.415 e. The number of methoxy groups -OCH3 is 1. The number of hydrogen-bond acceptors (Lipinski definition) is 7. The molecule has 1 atom stereocenters. The summed E-state index contributed by atoms with van der Waals surface area (Å²) in [6.45, 7) is 6.25. The molecule has 1 aliphatic heterocycles. The van der Waals surface area contributed by atoms with E-state index >= 15 is 0 Å². The number of aromatic nitrogens is 2. The molecule has 1 aromatic heterocycles. The monoisotopic (exact) mass is 517 g/mol. The van der Waals surface area contributed by atoms with E-state index in [0.29, 0.717) is 24.0 Å². The van der Waals surface area contributed by atoms with Crippen molar-refractivity contribution in [3.8, 4) is 11.5 Å². The summed E-state index contributed by atoms with van der Waals surface area (Å²) in [6, 6.07) is 4.94. The van der Waals surface area contributed by atoms with Crippen LogP contribution in [0.5, 0.6) is 11.5 Å². The number of carbonyl (C=O) groups excluding carboxylic acids is 2. The lowest BCUT2D eigenvalue weighted by Crippen LogP contribution is -2.55. The predicted octanol–water partition coefficient (Wildman–Crippen LogP) is 4.53. The van der Waals surface area contributed by atoms with Gasteiger partial charge in [0.2, 0.25) is 5.91 Å². The first-order valence-corrected chi connectivity index (χ1v) is 11.2. The number of fused-ring (bicyclic) bond motifs is 1. The summed E-state index contributed by atoms with van der Waals surface area (Å²) >= 11 is 5.68. The molecule has 1 fully saturated rings. The number of rotatable bonds is 5. The second-order valence-corrected chi connectivity index (χ2v) is 8.37. The Labute approximate surface area is 210 Å². The number of nitrogens with one attached hydrogen (secondary N) is 1. The Balaban J connectivity index is 1.62. The molecule has 1 N–H and O–H groups in total. The van der Waals surface area contributed by atoms with Crippen LogP contribution in [-0.4, -0.2) is 64.6 Å². The van der Waals surface area contributed by atoms with Gasteiger partial charge in [0, 0.05) is 37.1 Å². The molecule has 36 heavy (non-hydrogen) atoms. The minimum absolute atomic E-state index is 0.0854. The van der Waals surface area contributed by atoms with E-state index in [-0.39, 0.29) is 41.5 Å². The van der Waals surface area contributed by atoms with Crippen molar-refractivity contribution in [3.63, 3.8) is 0 Å². The lowest BCUT2D eigenvalue weighted by Gasteiger charge is -2.38. The summed E-state index contributed by atoms with van der Waals surface area (Å²) in [6.07, 6.45) is 1.86. The quantitative estimate of drug-likeness (QED) is 0.392. The van der Waals surface area contributed by atoms with Gasteiger partial charge in [-0.3, -0.25) is 4.79 Å². The van der Waals surface area contributed by atoms with E-state index in [1.54, 1.807) is 17.9 Å². The number of carbonyl (C=O) groups is 2. The van der Waals surface area contributed by atoms with Crippen LogP contribution < -0.4 is 14.8 Å². The minimum Gasteiger partial charge on any atom is -0.493 e. The SMILES string of the molecule is C=CC(=O)N1CCN(C(=O)Oc2cc3c(Nc4ccc(F)c(Cl)c4F)ncnc3cc2OC)[C@H](C)C1. The third-order valence-electron chi connectivity index (χ3n) is 5.75. The van der Waals surface area contributed by atoms with Gasteiger partial charge in [-0.2, -0.15) is 0 Å². The molecule has 12 heteroatoms. The molecule has 2 aromatic carbocycles. The Kier molecular flexibility index (Phi) is 7.20. The average Bonchev–Trinajstić information content (AvgIpc) is 2.88. The van der Waals surface area contributed by atoms with Crippen molar-refractivity contribution in [2.75, 3.05) is 32.1 Å². The molecular formula is C24H22ClF2N5O4. The Morgan fingerprint density at radius 3 is 2.69 bits per heavy atom. The van der Waals surface area contributed by atoms with Crippen molar-refractivity contribution in [2.45, 2.75) is 13.0 Å². The fourth-order valence-corrected chi connectivity index (χ4v) is 4.03. The van der Waals surface area contributed by atoms with Crippen molar-refractivity contribution in [2.24, 2.45) is 0 Å². The van der Waals surface area contributed by atoms with Crippen molar-refractivity contribution in [3.05, 3.63) is 59.9 Å². The fourth-order valence-electron chi connectivity index (χ4n) is 3.86. The molecule has 0 spiro atoms. The van der Waals surface area contributed by atoms with Crippen LogP contribution in [0.4, 0.5) is 25.1 Å². The van der Waals surface area contributed by atoms with Crippen molar-refractivity contribution in [1.82, 2.24) is 19.8 Å². The van der Waals surface area contributed by atoms with Crippen molar-refractivity contribution < 1.29 is 27.8 Å². The van der Waals surface area contributed by atoms with Crippen LogP contribution in [-0.2, 0) is 4.79 Å². The second kappa shape index (κ2) is 10.3. The number of hydrogen-bond donors (Lipinski definition) is 1. The molecule has 0 saturated carbocycles. The molecule has 4 rings (SSSR count). The average molecular weight is 518 g/mol. The zero-order valence-electron chi connectivity index (χ0n) is 19.4. The summed E-state index contributed by atoms with van der Waals surface area (Å²) < 4.78 is 39.0. The molecule has 0 bridgehead atoms. The maximum Gasteiger partial charge on any atom is 0.415 e. The molecule has 0 aliphatic carbocycles. The summed E-state index contributed by atoms with van der Waals surface area (Å²) in [5, 5.41) is 2.51. The highest BCUT2D eigenvalue weighted by Crippen LogP contribution is 2.36. The topological polar surface area (TPSA) is 96.9 Å². The van der Waals surface area contributed by atoms with Crippen LogP contribution in [0.3, 0.4) is 0 Å². The number of halogens is 3. The Morgan fingerprint density at radius 2 is 2.00 bits per heavy atom. The van der Waals surface area contributed by atoms with Gasteiger partial charge in [-0.1, -0.05) is 18.2 Å². The zero-order valence-corrected chi connectivity index (χ0v) is 20.2. The van der Waals surface area contributed by atoms with E-state index in [9.17, 15) is 18.4 Å². The molecular weight excluding hydrogens is 496 g/mol. The van der Waals surface area contributed by atoms with Crippen LogP contribution in [0.2, 0.25) is 5.02 Å². The van der Waals surface area contributed by atoms with Crippen LogP contribution in [0.1, 0.15) is 6.92 Å². The van der Waals surface area contributed by atoms with Crippen LogP contribution in [0.25, 0.3) is 10.9 Å². The van der Waals surface area contributed by atoms with E-state index in [1.807, 2.05) is 0 Å². The van der Waals surface area contributed by atoms with E-state index < -0.39 is 22.8 Å². The second-order valence-electron chi connectivity index (χ2n) is 7.99. The normalized spacial score (nSPS) is 15.5. The molecule has 3 aromatic rings. The van der Waals surface area contributed by atoms with Gasteiger partial charge in [-0.05, 0) is 31.2 Å². The summed E-state index contributed by atoms with van der Waals surface area (Å²) in [7, 11) is 1.41. The van der Waals surface area contributed by atoms with Gasteiger partial charge in [-0.25, -0.2) is 23.5 Å². The maximum absolute atomic E-state index is 14.5. The van der Waals surface area contributed by atoms with E-state index in [0.717, 1.165) is 6.07 Å². The van der Waals surface area contributed by atoms with E-state index in [1.165, 1.54) is 36.5 Å². The summed E-state index contributed by atoms with van der Waals surface area (Å²) in [5.41, 5.74) is 0.319. The van der Waals surface area contributed by atoms with Crippen LogP contribution in [0.15, 0.2) is 43.2 Å². The van der Waals surface area contributed by atoms with Crippen molar-refractivity contribution >= 4 is 46.0 Å². The van der Waals surface area contributed by atoms with Gasteiger partial charge in [-0.15, -0.1) is 0 Å². The van der Waals surface area contributed by atoms with Gasteiger partial charge in [0.15, 0.2) is 17.3 Å². The Hall–Kier alpha value is -3.99. The summed E-state index contributed by atoms with van der Waals surface area (Å²) in [5.74, 6) is -1.58. The number of nitrogens with zero attached hydrogens (tertiary/aromatic N) is 4. The first-order valence-electron chi connectivity index (χ1n) is 10.9. The fraction of sp³-hybridized carbons (Fsp3) is 0.250. The molecule has 188 valence electrons. The highest BCUT2D eigenvalue weighted by Gasteiger charge is 2.31. The van der Waals surface area contributed by atoms with Gasteiger partial charge in [0.1, 0.15) is 23.0 Å². The minimum atomic E-state index is -0.980.